The Morgan fingerprint density at radius 3 is 2.44 bits per heavy atom. The molecule has 1 aromatic carbocycles. The maximum atomic E-state index is 12.8. The Hall–Kier alpha value is -3.51. The van der Waals surface area contributed by atoms with Gasteiger partial charge in [0.25, 0.3) is 0 Å². The topological polar surface area (TPSA) is 92.4 Å². The minimum absolute atomic E-state index is 0.0102. The van der Waals surface area contributed by atoms with Crippen LogP contribution in [-0.4, -0.2) is 21.7 Å². The summed E-state index contributed by atoms with van der Waals surface area (Å²) < 4.78 is 5.32. The normalized spacial score (nSPS) is 15.0. The molecule has 0 spiro atoms. The summed E-state index contributed by atoms with van der Waals surface area (Å²) in [7, 11) is 0. The molecule has 6 nitrogen and oxygen atoms in total. The molecule has 2 aromatic heterocycles. The molecule has 0 aliphatic heterocycles. The van der Waals surface area contributed by atoms with Gasteiger partial charge >= 0.3 is 0 Å². The second-order valence-corrected chi connectivity index (χ2v) is 6.11. The number of fused-ring (bicyclic) bond motifs is 1. The molecule has 0 radical (unpaired) electrons. The van der Waals surface area contributed by atoms with Crippen LogP contribution in [-0.2, 0) is 11.3 Å². The van der Waals surface area contributed by atoms with Crippen LogP contribution in [0.1, 0.15) is 33.4 Å². The number of aliphatic hydroxyl groups is 1. The number of hydrogen-bond donors (Lipinski definition) is 2. The number of aromatic nitrogens is 1. The standard InChI is InChI=1S/C21H16N2O4/c24-19-14-7-1-2-8-15(14)20(25)21(26)17(19)18(16-9-3-4-10-22-16)23-12-13-6-5-11-27-13/h1-11,18,23-24H,12H2/t18-/m1/s1. The number of aliphatic hydroxyl groups excluding tert-OH is 1. The zero-order valence-corrected chi connectivity index (χ0v) is 14.3. The molecule has 0 fully saturated rings. The molecular formula is C21H16N2O4. The van der Waals surface area contributed by atoms with Gasteiger partial charge in [0.1, 0.15) is 11.5 Å². The van der Waals surface area contributed by atoms with E-state index in [9.17, 15) is 14.7 Å². The van der Waals surface area contributed by atoms with Crippen LogP contribution in [0.15, 0.2) is 77.0 Å². The van der Waals surface area contributed by atoms with E-state index in [2.05, 4.69) is 10.3 Å². The van der Waals surface area contributed by atoms with Crippen molar-refractivity contribution in [2.24, 2.45) is 0 Å². The molecule has 2 N–H and O–H groups in total. The van der Waals surface area contributed by atoms with Crippen LogP contribution in [0.2, 0.25) is 0 Å². The number of carbonyl (C=O) groups is 2. The first kappa shape index (κ1) is 16.9. The molecule has 0 unspecified atom stereocenters. The summed E-state index contributed by atoms with van der Waals surface area (Å²) in [5.41, 5.74) is 1.06. The molecule has 0 saturated heterocycles. The maximum Gasteiger partial charge on any atom is 0.235 e. The molecular weight excluding hydrogens is 344 g/mol. The van der Waals surface area contributed by atoms with Crippen molar-refractivity contribution in [2.45, 2.75) is 12.6 Å². The Balaban J connectivity index is 1.81. The lowest BCUT2D eigenvalue weighted by molar-refractivity contribution is -0.112. The number of furan rings is 1. The average molecular weight is 360 g/mol. The molecule has 27 heavy (non-hydrogen) atoms. The number of benzene rings is 1. The van der Waals surface area contributed by atoms with Crippen molar-refractivity contribution in [1.29, 1.82) is 0 Å². The lowest BCUT2D eigenvalue weighted by atomic mass is 9.84. The van der Waals surface area contributed by atoms with Crippen LogP contribution in [0, 0.1) is 0 Å². The van der Waals surface area contributed by atoms with E-state index in [0.717, 1.165) is 0 Å². The number of hydrogen-bond acceptors (Lipinski definition) is 6. The Bertz CT molecular complexity index is 1020. The second kappa shape index (κ2) is 7.01. The SMILES string of the molecule is O=C1C(=O)c2ccccc2C(O)=C1[C@H](NCc1ccco1)c1ccccn1. The third-order valence-corrected chi connectivity index (χ3v) is 4.47. The predicted octanol–water partition coefficient (Wildman–Crippen LogP) is 3.24. The number of rotatable bonds is 5. The van der Waals surface area contributed by atoms with Crippen LogP contribution in [0.25, 0.3) is 5.76 Å². The van der Waals surface area contributed by atoms with Crippen molar-refractivity contribution in [2.75, 3.05) is 0 Å². The molecule has 1 aliphatic carbocycles. The van der Waals surface area contributed by atoms with Crippen LogP contribution in [0.5, 0.6) is 0 Å². The molecule has 2 heterocycles. The summed E-state index contributed by atoms with van der Waals surface area (Å²) in [4.78, 5) is 29.7. The molecule has 0 saturated carbocycles. The quantitative estimate of drug-likeness (QED) is 0.679. The highest BCUT2D eigenvalue weighted by molar-refractivity contribution is 6.52. The first-order valence-corrected chi connectivity index (χ1v) is 8.45. The Labute approximate surface area is 155 Å². The fourth-order valence-corrected chi connectivity index (χ4v) is 3.17. The average Bonchev–Trinajstić information content (AvgIpc) is 3.23. The first-order valence-electron chi connectivity index (χ1n) is 8.45. The van der Waals surface area contributed by atoms with E-state index in [0.29, 0.717) is 23.6 Å². The second-order valence-electron chi connectivity index (χ2n) is 6.11. The van der Waals surface area contributed by atoms with Gasteiger partial charge in [0.15, 0.2) is 0 Å². The lowest BCUT2D eigenvalue weighted by Gasteiger charge is -2.25. The van der Waals surface area contributed by atoms with Crippen LogP contribution >= 0.6 is 0 Å². The zero-order chi connectivity index (χ0) is 18.8. The number of pyridine rings is 1. The molecule has 134 valence electrons. The van der Waals surface area contributed by atoms with Crippen molar-refractivity contribution in [3.05, 3.63) is 95.2 Å². The van der Waals surface area contributed by atoms with Gasteiger partial charge in [-0.3, -0.25) is 19.9 Å². The van der Waals surface area contributed by atoms with Gasteiger partial charge in [-0.15, -0.1) is 0 Å². The number of Topliss-reactive ketones (excluding diaryl/α,β-unsaturated/α-hetero) is 2. The lowest BCUT2D eigenvalue weighted by Crippen LogP contribution is -2.33. The van der Waals surface area contributed by atoms with E-state index in [4.69, 9.17) is 4.42 Å². The van der Waals surface area contributed by atoms with E-state index < -0.39 is 17.6 Å². The van der Waals surface area contributed by atoms with Crippen LogP contribution in [0.4, 0.5) is 0 Å². The minimum atomic E-state index is -0.763. The van der Waals surface area contributed by atoms with Crippen molar-refractivity contribution in [3.8, 4) is 0 Å². The van der Waals surface area contributed by atoms with E-state index in [1.54, 1.807) is 61.0 Å². The van der Waals surface area contributed by atoms with Gasteiger partial charge in [0, 0.05) is 17.3 Å². The monoisotopic (exact) mass is 360 g/mol. The highest BCUT2D eigenvalue weighted by Gasteiger charge is 2.37. The van der Waals surface area contributed by atoms with Gasteiger partial charge in [0.05, 0.1) is 30.1 Å². The Morgan fingerprint density at radius 1 is 0.963 bits per heavy atom. The van der Waals surface area contributed by atoms with Crippen LogP contribution < -0.4 is 5.32 Å². The van der Waals surface area contributed by atoms with E-state index in [1.165, 1.54) is 6.07 Å². The summed E-state index contributed by atoms with van der Waals surface area (Å²) in [6.45, 7) is 0.300. The number of ketones is 2. The highest BCUT2D eigenvalue weighted by atomic mass is 16.3. The molecule has 4 rings (SSSR count). The number of nitrogens with one attached hydrogen (secondary N) is 1. The molecule has 0 amide bonds. The minimum Gasteiger partial charge on any atom is -0.507 e. The summed E-state index contributed by atoms with van der Waals surface area (Å²) in [6, 6.07) is 14.6. The molecule has 1 aliphatic rings. The van der Waals surface area contributed by atoms with E-state index >= 15 is 0 Å². The third-order valence-electron chi connectivity index (χ3n) is 4.47. The first-order chi connectivity index (χ1) is 13.2. The van der Waals surface area contributed by atoms with Gasteiger partial charge in [-0.1, -0.05) is 30.3 Å². The Morgan fingerprint density at radius 2 is 1.74 bits per heavy atom. The smallest absolute Gasteiger partial charge is 0.235 e. The summed E-state index contributed by atoms with van der Waals surface area (Å²) >= 11 is 0. The van der Waals surface area contributed by atoms with Gasteiger partial charge in [-0.05, 0) is 24.3 Å². The highest BCUT2D eigenvalue weighted by Crippen LogP contribution is 2.34. The molecule has 3 aromatic rings. The summed E-state index contributed by atoms with van der Waals surface area (Å²) in [5.74, 6) is -0.934. The predicted molar refractivity (Wildman–Crippen MR) is 97.9 cm³/mol. The number of nitrogens with zero attached hydrogens (tertiary/aromatic N) is 1. The van der Waals surface area contributed by atoms with Crippen molar-refractivity contribution in [1.82, 2.24) is 10.3 Å². The zero-order valence-electron chi connectivity index (χ0n) is 14.3. The molecule has 1 atom stereocenters. The van der Waals surface area contributed by atoms with Crippen molar-refractivity contribution in [3.63, 3.8) is 0 Å². The Kier molecular flexibility index (Phi) is 4.40. The third kappa shape index (κ3) is 3.07. The fraction of sp³-hybridized carbons (Fsp3) is 0.0952. The fourth-order valence-electron chi connectivity index (χ4n) is 3.17. The van der Waals surface area contributed by atoms with E-state index in [-0.39, 0.29) is 16.9 Å². The van der Waals surface area contributed by atoms with Crippen molar-refractivity contribution < 1.29 is 19.1 Å². The van der Waals surface area contributed by atoms with Gasteiger partial charge in [-0.2, -0.15) is 0 Å². The van der Waals surface area contributed by atoms with Gasteiger partial charge in [-0.25, -0.2) is 0 Å². The van der Waals surface area contributed by atoms with Crippen LogP contribution in [0.3, 0.4) is 0 Å². The summed E-state index contributed by atoms with van der Waals surface area (Å²) in [5, 5.41) is 14.0. The molecule has 6 heteroatoms. The molecule has 0 bridgehead atoms. The van der Waals surface area contributed by atoms with Gasteiger partial charge < -0.3 is 9.52 Å². The van der Waals surface area contributed by atoms with E-state index in [1.807, 2.05) is 0 Å². The largest absolute Gasteiger partial charge is 0.507 e. The number of carbonyl (C=O) groups excluding carboxylic acids is 2. The maximum absolute atomic E-state index is 12.8. The van der Waals surface area contributed by atoms with Gasteiger partial charge in [0.2, 0.25) is 11.6 Å². The summed E-state index contributed by atoms with van der Waals surface area (Å²) in [6.07, 6.45) is 3.15. The van der Waals surface area contributed by atoms with Crippen molar-refractivity contribution >= 4 is 17.3 Å².